The van der Waals surface area contributed by atoms with Gasteiger partial charge in [0.2, 0.25) is 5.91 Å². The molecule has 0 atom stereocenters. The van der Waals surface area contributed by atoms with E-state index in [0.717, 1.165) is 23.2 Å². The lowest BCUT2D eigenvalue weighted by Gasteiger charge is -2.13. The maximum atomic E-state index is 12.0. The van der Waals surface area contributed by atoms with Crippen molar-refractivity contribution in [1.29, 1.82) is 0 Å². The highest BCUT2D eigenvalue weighted by Gasteiger charge is 2.11. The van der Waals surface area contributed by atoms with Crippen LogP contribution < -0.4 is 10.6 Å². The number of nitrogens with zero attached hydrogens (tertiary/aromatic N) is 1. The standard InChI is InChI=1S/C17H19N3O2/c1-3-13-7-4-6-12(2)16(13)20-15(21)11-19-17(22)14-8-5-9-18-10-14/h4-10H,3,11H2,1-2H3,(H,19,22)(H,20,21). The lowest BCUT2D eigenvalue weighted by molar-refractivity contribution is -0.115. The first-order valence-corrected chi connectivity index (χ1v) is 7.18. The molecule has 0 aliphatic carbocycles. The van der Waals surface area contributed by atoms with Crippen molar-refractivity contribution in [3.8, 4) is 0 Å². The highest BCUT2D eigenvalue weighted by molar-refractivity contribution is 5.99. The number of amides is 2. The molecule has 5 heteroatoms. The zero-order valence-corrected chi connectivity index (χ0v) is 12.7. The number of hydrogen-bond acceptors (Lipinski definition) is 3. The topological polar surface area (TPSA) is 71.1 Å². The van der Waals surface area contributed by atoms with E-state index in [-0.39, 0.29) is 18.4 Å². The lowest BCUT2D eigenvalue weighted by atomic mass is 10.1. The second-order valence-electron chi connectivity index (χ2n) is 4.94. The maximum absolute atomic E-state index is 12.0. The van der Waals surface area contributed by atoms with Gasteiger partial charge in [0.1, 0.15) is 0 Å². The Balaban J connectivity index is 1.95. The fourth-order valence-electron chi connectivity index (χ4n) is 2.15. The van der Waals surface area contributed by atoms with Crippen LogP contribution in [0.4, 0.5) is 5.69 Å². The molecule has 0 aliphatic heterocycles. The summed E-state index contributed by atoms with van der Waals surface area (Å²) in [6.45, 7) is 3.91. The Morgan fingerprint density at radius 2 is 2.00 bits per heavy atom. The van der Waals surface area contributed by atoms with E-state index in [0.29, 0.717) is 5.56 Å². The maximum Gasteiger partial charge on any atom is 0.253 e. The molecule has 22 heavy (non-hydrogen) atoms. The molecule has 0 unspecified atom stereocenters. The molecule has 5 nitrogen and oxygen atoms in total. The Morgan fingerprint density at radius 3 is 2.68 bits per heavy atom. The van der Waals surface area contributed by atoms with Gasteiger partial charge in [0.05, 0.1) is 12.1 Å². The average Bonchev–Trinajstić information content (AvgIpc) is 2.55. The van der Waals surface area contributed by atoms with E-state index in [2.05, 4.69) is 15.6 Å². The number of nitrogens with one attached hydrogen (secondary N) is 2. The molecule has 2 aromatic rings. The quantitative estimate of drug-likeness (QED) is 0.889. The highest BCUT2D eigenvalue weighted by atomic mass is 16.2. The van der Waals surface area contributed by atoms with Gasteiger partial charge in [0, 0.05) is 18.1 Å². The molecular weight excluding hydrogens is 278 g/mol. The van der Waals surface area contributed by atoms with E-state index < -0.39 is 0 Å². The SMILES string of the molecule is CCc1cccc(C)c1NC(=O)CNC(=O)c1cccnc1. The summed E-state index contributed by atoms with van der Waals surface area (Å²) in [6, 6.07) is 9.22. The number of hydrogen-bond donors (Lipinski definition) is 2. The summed E-state index contributed by atoms with van der Waals surface area (Å²) in [5.41, 5.74) is 3.34. The Morgan fingerprint density at radius 1 is 1.18 bits per heavy atom. The molecule has 2 rings (SSSR count). The minimum atomic E-state index is -0.316. The molecule has 0 fully saturated rings. The predicted octanol–water partition coefficient (Wildman–Crippen LogP) is 2.32. The van der Waals surface area contributed by atoms with E-state index in [1.165, 1.54) is 6.20 Å². The van der Waals surface area contributed by atoms with Gasteiger partial charge in [-0.05, 0) is 36.6 Å². The summed E-state index contributed by atoms with van der Waals surface area (Å²) >= 11 is 0. The highest BCUT2D eigenvalue weighted by Crippen LogP contribution is 2.20. The second kappa shape index (κ2) is 7.36. The van der Waals surface area contributed by atoms with Crippen molar-refractivity contribution in [2.45, 2.75) is 20.3 Å². The molecule has 0 saturated carbocycles. The van der Waals surface area contributed by atoms with Crippen molar-refractivity contribution in [2.75, 3.05) is 11.9 Å². The first kappa shape index (κ1) is 15.7. The van der Waals surface area contributed by atoms with Crippen LogP contribution in [0.1, 0.15) is 28.4 Å². The number of pyridine rings is 1. The van der Waals surface area contributed by atoms with E-state index in [1.54, 1.807) is 18.3 Å². The van der Waals surface area contributed by atoms with Crippen molar-refractivity contribution in [3.05, 3.63) is 59.4 Å². The fraction of sp³-hybridized carbons (Fsp3) is 0.235. The molecule has 0 radical (unpaired) electrons. The number of rotatable bonds is 5. The monoisotopic (exact) mass is 297 g/mol. The average molecular weight is 297 g/mol. The normalized spacial score (nSPS) is 10.1. The second-order valence-corrected chi connectivity index (χ2v) is 4.94. The summed E-state index contributed by atoms with van der Waals surface area (Å²) in [5, 5.41) is 5.45. The number of benzene rings is 1. The molecule has 0 bridgehead atoms. The summed E-state index contributed by atoms with van der Waals surface area (Å²) in [4.78, 5) is 27.8. The summed E-state index contributed by atoms with van der Waals surface area (Å²) in [7, 11) is 0. The van der Waals surface area contributed by atoms with Crippen molar-refractivity contribution in [2.24, 2.45) is 0 Å². The van der Waals surface area contributed by atoms with Gasteiger partial charge in [0.15, 0.2) is 0 Å². The number of carbonyl (C=O) groups is 2. The third kappa shape index (κ3) is 3.91. The number of para-hydroxylation sites is 1. The summed E-state index contributed by atoms with van der Waals surface area (Å²) in [6.07, 6.45) is 3.89. The van der Waals surface area contributed by atoms with Crippen molar-refractivity contribution >= 4 is 17.5 Å². The molecule has 0 saturated heterocycles. The van der Waals surface area contributed by atoms with Gasteiger partial charge in [-0.3, -0.25) is 14.6 Å². The largest absolute Gasteiger partial charge is 0.343 e. The number of aryl methyl sites for hydroxylation is 2. The molecule has 2 N–H and O–H groups in total. The molecule has 114 valence electrons. The third-order valence-electron chi connectivity index (χ3n) is 3.34. The van der Waals surface area contributed by atoms with Gasteiger partial charge in [0.25, 0.3) is 5.91 Å². The van der Waals surface area contributed by atoms with Crippen LogP contribution in [0.3, 0.4) is 0 Å². The van der Waals surface area contributed by atoms with Crippen LogP contribution in [0, 0.1) is 6.92 Å². The van der Waals surface area contributed by atoms with Crippen LogP contribution in [-0.2, 0) is 11.2 Å². The molecule has 0 spiro atoms. The van der Waals surface area contributed by atoms with Crippen LogP contribution in [0.15, 0.2) is 42.7 Å². The fourth-order valence-corrected chi connectivity index (χ4v) is 2.15. The Bertz CT molecular complexity index is 669. The van der Waals surface area contributed by atoms with E-state index in [4.69, 9.17) is 0 Å². The van der Waals surface area contributed by atoms with Gasteiger partial charge >= 0.3 is 0 Å². The predicted molar refractivity (Wildman–Crippen MR) is 85.8 cm³/mol. The summed E-state index contributed by atoms with van der Waals surface area (Å²) in [5.74, 6) is -0.565. The molecular formula is C17H19N3O2. The van der Waals surface area contributed by atoms with E-state index in [9.17, 15) is 9.59 Å². The van der Waals surface area contributed by atoms with Crippen LogP contribution in [-0.4, -0.2) is 23.3 Å². The van der Waals surface area contributed by atoms with Crippen molar-refractivity contribution < 1.29 is 9.59 Å². The van der Waals surface area contributed by atoms with Gasteiger partial charge < -0.3 is 10.6 Å². The Kier molecular flexibility index (Phi) is 5.25. The number of aromatic nitrogens is 1. The molecule has 1 aromatic heterocycles. The molecule has 0 aliphatic rings. The van der Waals surface area contributed by atoms with Crippen LogP contribution in [0.25, 0.3) is 0 Å². The van der Waals surface area contributed by atoms with Crippen molar-refractivity contribution in [1.82, 2.24) is 10.3 Å². The first-order valence-electron chi connectivity index (χ1n) is 7.18. The van der Waals surface area contributed by atoms with Crippen LogP contribution in [0.2, 0.25) is 0 Å². The molecule has 1 aromatic carbocycles. The zero-order chi connectivity index (χ0) is 15.9. The molecule has 1 heterocycles. The van der Waals surface area contributed by atoms with Gasteiger partial charge in [-0.25, -0.2) is 0 Å². The zero-order valence-electron chi connectivity index (χ0n) is 12.7. The number of carbonyl (C=O) groups excluding carboxylic acids is 2. The minimum Gasteiger partial charge on any atom is -0.343 e. The Labute approximate surface area is 129 Å². The number of anilines is 1. The van der Waals surface area contributed by atoms with Gasteiger partial charge in [-0.1, -0.05) is 25.1 Å². The lowest BCUT2D eigenvalue weighted by Crippen LogP contribution is -2.33. The van der Waals surface area contributed by atoms with Gasteiger partial charge in [-0.15, -0.1) is 0 Å². The third-order valence-corrected chi connectivity index (χ3v) is 3.34. The van der Waals surface area contributed by atoms with Crippen LogP contribution >= 0.6 is 0 Å². The Hall–Kier alpha value is -2.69. The summed E-state index contributed by atoms with van der Waals surface area (Å²) < 4.78 is 0. The van der Waals surface area contributed by atoms with Gasteiger partial charge in [-0.2, -0.15) is 0 Å². The molecule has 2 amide bonds. The van der Waals surface area contributed by atoms with Crippen LogP contribution in [0.5, 0.6) is 0 Å². The van der Waals surface area contributed by atoms with Crippen molar-refractivity contribution in [3.63, 3.8) is 0 Å². The minimum absolute atomic E-state index is 0.0782. The van der Waals surface area contributed by atoms with E-state index >= 15 is 0 Å². The smallest absolute Gasteiger partial charge is 0.253 e. The first-order chi connectivity index (χ1) is 10.6. The van der Waals surface area contributed by atoms with E-state index in [1.807, 2.05) is 32.0 Å².